The van der Waals surface area contributed by atoms with Crippen molar-refractivity contribution in [1.29, 1.82) is 0 Å². The van der Waals surface area contributed by atoms with Gasteiger partial charge in [-0.05, 0) is 64.2 Å². The number of phosphoric ester groups is 1. The molecule has 0 saturated carbocycles. The Labute approximate surface area is 292 Å². The third-order valence-electron chi connectivity index (χ3n) is 7.52. The van der Waals surface area contributed by atoms with Gasteiger partial charge in [-0.2, -0.15) is 0 Å². The molecule has 276 valence electrons. The number of carbonyl (C=O) groups excluding carboxylic acids is 2. The molecule has 0 aliphatic heterocycles. The second-order valence-electron chi connectivity index (χ2n) is 12.2. The number of ether oxygens (including phenoxy) is 2. The number of rotatable bonds is 33. The van der Waals surface area contributed by atoms with Gasteiger partial charge in [0.2, 0.25) is 0 Å². The van der Waals surface area contributed by atoms with Crippen LogP contribution in [0, 0.1) is 0 Å². The van der Waals surface area contributed by atoms with Crippen molar-refractivity contribution in [2.45, 2.75) is 161 Å². The summed E-state index contributed by atoms with van der Waals surface area (Å²) in [5.41, 5.74) is 0. The predicted molar refractivity (Wildman–Crippen MR) is 197 cm³/mol. The van der Waals surface area contributed by atoms with Crippen LogP contribution in [0.5, 0.6) is 0 Å². The molecule has 0 aliphatic carbocycles. The van der Waals surface area contributed by atoms with Crippen LogP contribution in [-0.4, -0.2) is 41.0 Å². The summed E-state index contributed by atoms with van der Waals surface area (Å²) in [5.74, 6) is -1.03. The molecule has 48 heavy (non-hydrogen) atoms. The Morgan fingerprint density at radius 3 is 1.48 bits per heavy atom. The third-order valence-corrected chi connectivity index (χ3v) is 8.01. The predicted octanol–water partition coefficient (Wildman–Crippen LogP) is 11.0. The van der Waals surface area contributed by atoms with E-state index in [1.807, 2.05) is 18.2 Å². The van der Waals surface area contributed by atoms with Crippen LogP contribution >= 0.6 is 7.82 Å². The maximum Gasteiger partial charge on any atom is 0.469 e. The Balaban J connectivity index is 4.15. The maximum absolute atomic E-state index is 12.3. The van der Waals surface area contributed by atoms with Gasteiger partial charge in [0.05, 0.1) is 6.61 Å². The average molecular weight is 695 g/mol. The van der Waals surface area contributed by atoms with E-state index in [0.29, 0.717) is 12.8 Å². The second-order valence-corrected chi connectivity index (χ2v) is 13.4. The summed E-state index contributed by atoms with van der Waals surface area (Å²) in [6, 6.07) is 0. The molecule has 0 aromatic rings. The summed E-state index contributed by atoms with van der Waals surface area (Å²) in [5, 5.41) is 0. The fourth-order valence-corrected chi connectivity index (χ4v) is 5.09. The number of phosphoric acid groups is 1. The minimum Gasteiger partial charge on any atom is -0.462 e. The lowest BCUT2D eigenvalue weighted by molar-refractivity contribution is -0.161. The van der Waals surface area contributed by atoms with Crippen molar-refractivity contribution in [2.75, 3.05) is 13.2 Å². The Morgan fingerprint density at radius 1 is 0.542 bits per heavy atom. The van der Waals surface area contributed by atoms with Crippen molar-refractivity contribution in [3.05, 3.63) is 60.8 Å². The first-order chi connectivity index (χ1) is 23.3. The Hall–Kier alpha value is -2.25. The fraction of sp³-hybridized carbons (Fsp3) is 0.692. The monoisotopic (exact) mass is 694 g/mol. The van der Waals surface area contributed by atoms with Gasteiger partial charge in [-0.3, -0.25) is 14.1 Å². The molecule has 0 heterocycles. The van der Waals surface area contributed by atoms with Gasteiger partial charge in [-0.15, -0.1) is 0 Å². The molecule has 0 rings (SSSR count). The van der Waals surface area contributed by atoms with Crippen molar-refractivity contribution in [3.63, 3.8) is 0 Å². The summed E-state index contributed by atoms with van der Waals surface area (Å²) in [7, 11) is -4.77. The Kier molecular flexibility index (Phi) is 33.0. The number of esters is 2. The number of hydrogen-bond acceptors (Lipinski definition) is 6. The normalized spacial score (nSPS) is 13.2. The van der Waals surface area contributed by atoms with Crippen molar-refractivity contribution in [3.8, 4) is 0 Å². The first-order valence-electron chi connectivity index (χ1n) is 18.6. The van der Waals surface area contributed by atoms with Gasteiger partial charge < -0.3 is 19.3 Å². The van der Waals surface area contributed by atoms with Gasteiger partial charge in [0.25, 0.3) is 0 Å². The minimum atomic E-state index is -4.77. The van der Waals surface area contributed by atoms with Crippen molar-refractivity contribution in [1.82, 2.24) is 0 Å². The molecular weight excluding hydrogens is 627 g/mol. The highest BCUT2D eigenvalue weighted by Crippen LogP contribution is 2.35. The Bertz CT molecular complexity index is 963. The van der Waals surface area contributed by atoms with E-state index in [9.17, 15) is 14.2 Å². The molecule has 0 aromatic heterocycles. The van der Waals surface area contributed by atoms with E-state index in [0.717, 1.165) is 38.5 Å². The second kappa shape index (κ2) is 34.6. The summed E-state index contributed by atoms with van der Waals surface area (Å²) in [6.45, 7) is 3.55. The lowest BCUT2D eigenvalue weighted by Crippen LogP contribution is -2.29. The van der Waals surface area contributed by atoms with Crippen LogP contribution in [0.15, 0.2) is 60.8 Å². The lowest BCUT2D eigenvalue weighted by atomic mass is 10.1. The zero-order valence-corrected chi connectivity index (χ0v) is 31.0. The molecule has 0 bridgehead atoms. The molecule has 1 atom stereocenters. The van der Waals surface area contributed by atoms with E-state index in [1.54, 1.807) is 0 Å². The molecule has 0 amide bonds. The molecule has 0 aliphatic rings. The standard InChI is InChI=1S/C39H67O8P/c1-3-5-7-9-11-13-15-17-18-19-20-22-23-25-27-29-31-33-38(40)45-35-37(36-46-48(42,43)44)47-39(41)34-32-30-28-26-24-21-16-14-12-10-8-6-4-2/h17-18,20-22,24-25,27-28,30,37H,3-16,19,23,26,29,31-36H2,1-2H3,(H2,42,43,44)/b18-17+,22-20+,24-21+,27-25+,30-28+. The highest BCUT2D eigenvalue weighted by atomic mass is 31.2. The zero-order valence-electron chi connectivity index (χ0n) is 30.1. The Morgan fingerprint density at radius 2 is 0.979 bits per heavy atom. The van der Waals surface area contributed by atoms with E-state index in [1.165, 1.54) is 77.0 Å². The number of unbranched alkanes of at least 4 members (excludes halogenated alkanes) is 13. The van der Waals surface area contributed by atoms with E-state index >= 15 is 0 Å². The van der Waals surface area contributed by atoms with Gasteiger partial charge in [-0.1, -0.05) is 139 Å². The number of carbonyl (C=O) groups is 2. The molecule has 0 fully saturated rings. The highest BCUT2D eigenvalue weighted by molar-refractivity contribution is 7.46. The molecule has 9 heteroatoms. The number of allylic oxidation sites excluding steroid dienone is 10. The van der Waals surface area contributed by atoms with Crippen LogP contribution in [0.4, 0.5) is 0 Å². The van der Waals surface area contributed by atoms with Gasteiger partial charge in [0, 0.05) is 12.8 Å². The van der Waals surface area contributed by atoms with E-state index < -0.39 is 32.5 Å². The minimum absolute atomic E-state index is 0.0931. The quantitative estimate of drug-likeness (QED) is 0.0301. The van der Waals surface area contributed by atoms with Crippen LogP contribution in [-0.2, 0) is 28.2 Å². The SMILES string of the molecule is CCCCCCCC/C=C/C/C=C/C/C=C/CCCC(=O)OCC(COP(=O)(O)O)OC(=O)CC/C=C/C/C=C/CCCCCCCC. The fourth-order valence-electron chi connectivity index (χ4n) is 4.73. The largest absolute Gasteiger partial charge is 0.469 e. The van der Waals surface area contributed by atoms with Crippen LogP contribution in [0.25, 0.3) is 0 Å². The molecular formula is C39H67O8P. The van der Waals surface area contributed by atoms with Gasteiger partial charge in [-0.25, -0.2) is 4.57 Å². The first kappa shape index (κ1) is 45.8. The van der Waals surface area contributed by atoms with E-state index in [4.69, 9.17) is 19.3 Å². The summed E-state index contributed by atoms with van der Waals surface area (Å²) >= 11 is 0. The van der Waals surface area contributed by atoms with Crippen LogP contribution in [0.2, 0.25) is 0 Å². The summed E-state index contributed by atoms with van der Waals surface area (Å²) in [6.07, 6.45) is 42.5. The molecule has 1 unspecified atom stereocenters. The smallest absolute Gasteiger partial charge is 0.462 e. The third kappa shape index (κ3) is 36.6. The van der Waals surface area contributed by atoms with Crippen LogP contribution in [0.3, 0.4) is 0 Å². The zero-order chi connectivity index (χ0) is 35.4. The van der Waals surface area contributed by atoms with E-state index in [-0.39, 0.29) is 19.4 Å². The molecule has 0 aromatic carbocycles. The van der Waals surface area contributed by atoms with Crippen molar-refractivity contribution >= 4 is 19.8 Å². The van der Waals surface area contributed by atoms with E-state index in [2.05, 4.69) is 60.9 Å². The molecule has 8 nitrogen and oxygen atoms in total. The lowest BCUT2D eigenvalue weighted by Gasteiger charge is -2.18. The molecule has 0 spiro atoms. The first-order valence-corrected chi connectivity index (χ1v) is 20.1. The van der Waals surface area contributed by atoms with Crippen LogP contribution < -0.4 is 0 Å². The van der Waals surface area contributed by atoms with Gasteiger partial charge >= 0.3 is 19.8 Å². The summed E-state index contributed by atoms with van der Waals surface area (Å²) < 4.78 is 26.1. The van der Waals surface area contributed by atoms with Crippen molar-refractivity contribution in [2.24, 2.45) is 0 Å². The van der Waals surface area contributed by atoms with Gasteiger partial charge in [0.15, 0.2) is 6.10 Å². The van der Waals surface area contributed by atoms with Gasteiger partial charge in [0.1, 0.15) is 6.61 Å². The topological polar surface area (TPSA) is 119 Å². The van der Waals surface area contributed by atoms with Crippen LogP contribution in [0.1, 0.15) is 155 Å². The maximum atomic E-state index is 12.3. The average Bonchev–Trinajstić information content (AvgIpc) is 3.05. The highest BCUT2D eigenvalue weighted by Gasteiger charge is 2.22. The summed E-state index contributed by atoms with van der Waals surface area (Å²) in [4.78, 5) is 42.6. The molecule has 2 N–H and O–H groups in total. The molecule has 0 saturated heterocycles. The van der Waals surface area contributed by atoms with Crippen molar-refractivity contribution < 1.29 is 37.9 Å². The number of hydrogen-bond donors (Lipinski definition) is 2. The molecule has 0 radical (unpaired) electrons.